The van der Waals surface area contributed by atoms with Crippen LogP contribution in [0, 0.1) is 11.7 Å². The van der Waals surface area contributed by atoms with Gasteiger partial charge in [0.1, 0.15) is 17.5 Å². The second-order valence-corrected chi connectivity index (χ2v) is 4.24. The molecule has 1 saturated heterocycles. The van der Waals surface area contributed by atoms with Crippen molar-refractivity contribution in [3.05, 3.63) is 29.6 Å². The Hall–Kier alpha value is -2.11. The molecule has 1 amide bonds. The summed E-state index contributed by atoms with van der Waals surface area (Å²) in [6.45, 7) is 0.210. The quantitative estimate of drug-likeness (QED) is 0.651. The third kappa shape index (κ3) is 2.38. The van der Waals surface area contributed by atoms with E-state index in [0.29, 0.717) is 11.3 Å². The van der Waals surface area contributed by atoms with Gasteiger partial charge in [-0.05, 0) is 11.6 Å². The van der Waals surface area contributed by atoms with Gasteiger partial charge in [-0.15, -0.1) is 0 Å². The molecule has 1 aliphatic rings. The van der Waals surface area contributed by atoms with Gasteiger partial charge in [0.05, 0.1) is 14.2 Å². The van der Waals surface area contributed by atoms with Crippen LogP contribution in [-0.2, 0) is 14.3 Å². The summed E-state index contributed by atoms with van der Waals surface area (Å²) in [5.74, 6) is -2.79. The third-order valence-corrected chi connectivity index (χ3v) is 3.24. The minimum atomic E-state index is -1.01. The van der Waals surface area contributed by atoms with E-state index >= 15 is 0 Å². The van der Waals surface area contributed by atoms with Crippen LogP contribution in [0.4, 0.5) is 4.39 Å². The fraction of sp³-hybridized carbons (Fsp3) is 0.385. The highest BCUT2D eigenvalue weighted by Crippen LogP contribution is 2.32. The Labute approximate surface area is 109 Å². The number of rotatable bonds is 3. The second-order valence-electron chi connectivity index (χ2n) is 4.24. The van der Waals surface area contributed by atoms with Crippen molar-refractivity contribution >= 4 is 11.9 Å². The summed E-state index contributed by atoms with van der Waals surface area (Å²) < 4.78 is 23.5. The summed E-state index contributed by atoms with van der Waals surface area (Å²) in [4.78, 5) is 23.2. The van der Waals surface area contributed by atoms with Gasteiger partial charge in [0.2, 0.25) is 5.91 Å². The topological polar surface area (TPSA) is 64.6 Å². The maximum Gasteiger partial charge on any atom is 0.318 e. The lowest BCUT2D eigenvalue weighted by atomic mass is 9.88. The predicted octanol–water partition coefficient (Wildman–Crippen LogP) is 0.837. The number of hydrogen-bond acceptors (Lipinski definition) is 4. The molecule has 2 atom stereocenters. The molecule has 1 fully saturated rings. The Kier molecular flexibility index (Phi) is 3.69. The van der Waals surface area contributed by atoms with Crippen molar-refractivity contribution in [2.75, 3.05) is 20.8 Å². The van der Waals surface area contributed by atoms with Crippen LogP contribution < -0.4 is 10.1 Å². The first-order chi connectivity index (χ1) is 9.08. The molecule has 102 valence electrons. The number of methoxy groups -OCH3 is 2. The van der Waals surface area contributed by atoms with Crippen LogP contribution in [0.5, 0.6) is 5.75 Å². The molecule has 0 spiro atoms. The lowest BCUT2D eigenvalue weighted by Crippen LogP contribution is -2.28. The van der Waals surface area contributed by atoms with Gasteiger partial charge in [0, 0.05) is 18.5 Å². The predicted molar refractivity (Wildman–Crippen MR) is 64.2 cm³/mol. The molecule has 1 heterocycles. The Morgan fingerprint density at radius 2 is 2.16 bits per heavy atom. The maximum absolute atomic E-state index is 14.0. The molecular formula is C13H14FNO4. The lowest BCUT2D eigenvalue weighted by Gasteiger charge is -2.16. The molecule has 19 heavy (non-hydrogen) atoms. The zero-order chi connectivity index (χ0) is 14.0. The van der Waals surface area contributed by atoms with E-state index in [0.717, 1.165) is 0 Å². The molecule has 6 heteroatoms. The van der Waals surface area contributed by atoms with E-state index in [1.165, 1.54) is 26.4 Å². The van der Waals surface area contributed by atoms with E-state index in [-0.39, 0.29) is 6.54 Å². The molecule has 1 aromatic carbocycles. The summed E-state index contributed by atoms with van der Waals surface area (Å²) >= 11 is 0. The molecule has 5 nitrogen and oxygen atoms in total. The van der Waals surface area contributed by atoms with E-state index in [1.54, 1.807) is 6.07 Å². The lowest BCUT2D eigenvalue weighted by molar-refractivity contribution is -0.149. The highest BCUT2D eigenvalue weighted by atomic mass is 19.1. The van der Waals surface area contributed by atoms with Gasteiger partial charge < -0.3 is 14.8 Å². The highest BCUT2D eigenvalue weighted by molar-refractivity contribution is 6.00. The number of hydrogen-bond donors (Lipinski definition) is 1. The molecule has 0 radical (unpaired) electrons. The van der Waals surface area contributed by atoms with Gasteiger partial charge in [0.15, 0.2) is 0 Å². The van der Waals surface area contributed by atoms with Crippen LogP contribution in [0.2, 0.25) is 0 Å². The van der Waals surface area contributed by atoms with Gasteiger partial charge in [-0.25, -0.2) is 4.39 Å². The average molecular weight is 267 g/mol. The normalized spacial score (nSPS) is 21.9. The first kappa shape index (κ1) is 13.3. The standard InChI is InChI=1S/C13H14FNO4/c1-18-7-3-4-8(10(14)5-7)9-6-15-12(16)11(9)13(17)19-2/h3-5,9,11H,6H2,1-2H3,(H,15,16)/t9-,11?/m0/s1. The van der Waals surface area contributed by atoms with Crippen LogP contribution in [0.25, 0.3) is 0 Å². The number of nitrogens with one attached hydrogen (secondary N) is 1. The summed E-state index contributed by atoms with van der Waals surface area (Å²) in [5.41, 5.74) is 0.301. The molecule has 1 N–H and O–H groups in total. The maximum atomic E-state index is 14.0. The van der Waals surface area contributed by atoms with Crippen LogP contribution in [-0.4, -0.2) is 32.6 Å². The minimum absolute atomic E-state index is 0.210. The van der Waals surface area contributed by atoms with E-state index in [1.807, 2.05) is 0 Å². The van der Waals surface area contributed by atoms with E-state index < -0.39 is 29.5 Å². The van der Waals surface area contributed by atoms with Crippen LogP contribution in [0.1, 0.15) is 11.5 Å². The number of amides is 1. The summed E-state index contributed by atoms with van der Waals surface area (Å²) in [7, 11) is 2.64. The molecular weight excluding hydrogens is 253 g/mol. The zero-order valence-corrected chi connectivity index (χ0v) is 10.6. The van der Waals surface area contributed by atoms with Gasteiger partial charge in [-0.1, -0.05) is 6.07 Å². The van der Waals surface area contributed by atoms with Gasteiger partial charge >= 0.3 is 5.97 Å². The molecule has 2 rings (SSSR count). The van der Waals surface area contributed by atoms with Crippen molar-refractivity contribution in [3.63, 3.8) is 0 Å². The third-order valence-electron chi connectivity index (χ3n) is 3.24. The average Bonchev–Trinajstić information content (AvgIpc) is 2.79. The van der Waals surface area contributed by atoms with E-state index in [9.17, 15) is 14.0 Å². The Morgan fingerprint density at radius 3 is 2.74 bits per heavy atom. The van der Waals surface area contributed by atoms with Crippen LogP contribution in [0.3, 0.4) is 0 Å². The first-order valence-electron chi connectivity index (χ1n) is 5.77. The SMILES string of the molecule is COC(=O)C1C(=O)NC[C@H]1c1ccc(OC)cc1F. The number of carbonyl (C=O) groups excluding carboxylic acids is 2. The molecule has 0 aromatic heterocycles. The number of ether oxygens (including phenoxy) is 2. The van der Waals surface area contributed by atoms with Crippen molar-refractivity contribution in [1.82, 2.24) is 5.32 Å². The summed E-state index contributed by atoms with van der Waals surface area (Å²) in [6, 6.07) is 4.34. The smallest absolute Gasteiger partial charge is 0.318 e. The largest absolute Gasteiger partial charge is 0.497 e. The zero-order valence-electron chi connectivity index (χ0n) is 10.6. The number of halogens is 1. The Bertz CT molecular complexity index is 517. The van der Waals surface area contributed by atoms with Gasteiger partial charge in [0.25, 0.3) is 0 Å². The summed E-state index contributed by atoms with van der Waals surface area (Å²) in [5, 5.41) is 2.55. The Balaban J connectivity index is 2.35. The molecule has 1 unspecified atom stereocenters. The number of carbonyl (C=O) groups is 2. The van der Waals surface area contributed by atoms with Crippen molar-refractivity contribution in [2.45, 2.75) is 5.92 Å². The van der Waals surface area contributed by atoms with Crippen LogP contribution in [0.15, 0.2) is 18.2 Å². The Morgan fingerprint density at radius 1 is 1.42 bits per heavy atom. The van der Waals surface area contributed by atoms with E-state index in [2.05, 4.69) is 10.1 Å². The number of esters is 1. The van der Waals surface area contributed by atoms with Crippen LogP contribution >= 0.6 is 0 Å². The second kappa shape index (κ2) is 5.26. The summed E-state index contributed by atoms with van der Waals surface area (Å²) in [6.07, 6.45) is 0. The molecule has 1 aromatic rings. The van der Waals surface area contributed by atoms with Gasteiger partial charge in [-0.3, -0.25) is 9.59 Å². The molecule has 0 saturated carbocycles. The van der Waals surface area contributed by atoms with Crippen molar-refractivity contribution in [3.8, 4) is 5.75 Å². The van der Waals surface area contributed by atoms with Crippen molar-refractivity contribution < 1.29 is 23.5 Å². The van der Waals surface area contributed by atoms with Crippen molar-refractivity contribution in [1.29, 1.82) is 0 Å². The highest BCUT2D eigenvalue weighted by Gasteiger charge is 2.42. The monoisotopic (exact) mass is 267 g/mol. The minimum Gasteiger partial charge on any atom is -0.497 e. The first-order valence-corrected chi connectivity index (χ1v) is 5.77. The molecule has 1 aliphatic heterocycles. The van der Waals surface area contributed by atoms with Crippen molar-refractivity contribution in [2.24, 2.45) is 5.92 Å². The fourth-order valence-corrected chi connectivity index (χ4v) is 2.24. The molecule has 0 aliphatic carbocycles. The number of benzene rings is 1. The molecule has 0 bridgehead atoms. The van der Waals surface area contributed by atoms with Gasteiger partial charge in [-0.2, -0.15) is 0 Å². The van der Waals surface area contributed by atoms with E-state index in [4.69, 9.17) is 4.74 Å². The fourth-order valence-electron chi connectivity index (χ4n) is 2.24.